The van der Waals surface area contributed by atoms with Crippen LogP contribution in [0.4, 0.5) is 0 Å². The summed E-state index contributed by atoms with van der Waals surface area (Å²) >= 11 is 0. The number of carbonyl (C=O) groups is 3. The normalized spacial score (nSPS) is 9.71. The maximum atomic E-state index is 12.2. The van der Waals surface area contributed by atoms with Crippen molar-refractivity contribution in [3.63, 3.8) is 0 Å². The third kappa shape index (κ3) is 12.7. The number of ketones is 2. The summed E-state index contributed by atoms with van der Waals surface area (Å²) in [6.07, 6.45) is 0. The van der Waals surface area contributed by atoms with Crippen molar-refractivity contribution in [2.24, 2.45) is 0 Å². The second-order valence-corrected chi connectivity index (χ2v) is 10.5. The van der Waals surface area contributed by atoms with Gasteiger partial charge in [0, 0.05) is 29.3 Å². The van der Waals surface area contributed by atoms with Crippen LogP contribution in [-0.4, -0.2) is 66.5 Å². The monoisotopic (exact) mass is 704 g/mol. The molecule has 0 radical (unpaired) electrons. The highest BCUT2D eigenvalue weighted by Crippen LogP contribution is 2.26. The summed E-state index contributed by atoms with van der Waals surface area (Å²) in [5.74, 6) is -1.22. The molecule has 0 heterocycles. The van der Waals surface area contributed by atoms with Crippen LogP contribution in [0.15, 0.2) is 152 Å². The summed E-state index contributed by atoms with van der Waals surface area (Å²) in [7, 11) is 0. The van der Waals surface area contributed by atoms with E-state index in [1.54, 1.807) is 91.0 Å². The second-order valence-electron chi connectivity index (χ2n) is 10.5. The molecule has 0 saturated heterocycles. The van der Waals surface area contributed by atoms with Gasteiger partial charge in [0.1, 0.15) is 41.1 Å². The van der Waals surface area contributed by atoms with Gasteiger partial charge in [-0.2, -0.15) is 0 Å². The Balaban J connectivity index is 0.000000198. The molecule has 0 amide bonds. The highest BCUT2D eigenvalue weighted by Gasteiger charge is 2.14. The molecule has 11 nitrogen and oxygen atoms in total. The van der Waals surface area contributed by atoms with Gasteiger partial charge in [0.25, 0.3) is 0 Å². The largest absolute Gasteiger partial charge is 0.508 e. The first-order chi connectivity index (χ1) is 25.0. The molecule has 0 spiro atoms. The average molecular weight is 705 g/mol. The number of hydrogen-bond donors (Lipinski definition) is 7. The summed E-state index contributed by atoms with van der Waals surface area (Å²) in [6.45, 7) is 0.0386. The van der Waals surface area contributed by atoms with Crippen LogP contribution in [0.3, 0.4) is 0 Å². The highest BCUT2D eigenvalue weighted by molar-refractivity contribution is 6.11. The summed E-state index contributed by atoms with van der Waals surface area (Å²) in [6, 6.07) is 39.9. The van der Waals surface area contributed by atoms with Gasteiger partial charge in [-0.1, -0.05) is 84.9 Å². The molecule has 6 aromatic carbocycles. The number of carboxylic acids is 1. The van der Waals surface area contributed by atoms with Gasteiger partial charge in [-0.25, -0.2) is 4.79 Å². The lowest BCUT2D eigenvalue weighted by Gasteiger charge is -2.08. The number of aliphatic hydroxyl groups is 1. The Bertz CT molecular complexity index is 2010. The third-order valence-electron chi connectivity index (χ3n) is 6.72. The van der Waals surface area contributed by atoms with E-state index in [-0.39, 0.29) is 64.7 Å². The molecule has 0 aliphatic carbocycles. The Morgan fingerprint density at radius 2 is 0.885 bits per heavy atom. The van der Waals surface area contributed by atoms with Crippen molar-refractivity contribution in [2.45, 2.75) is 0 Å². The minimum atomic E-state index is -0.879. The van der Waals surface area contributed by atoms with Gasteiger partial charge < -0.3 is 40.5 Å². The summed E-state index contributed by atoms with van der Waals surface area (Å²) in [5.41, 5.74) is 1.76. The molecule has 266 valence electrons. The van der Waals surface area contributed by atoms with E-state index in [2.05, 4.69) is 0 Å². The van der Waals surface area contributed by atoms with Crippen molar-refractivity contribution in [1.82, 2.24) is 0 Å². The van der Waals surface area contributed by atoms with Crippen LogP contribution < -0.4 is 4.74 Å². The van der Waals surface area contributed by atoms with Crippen LogP contribution in [0.2, 0.25) is 0 Å². The number of phenolic OH excluding ortho intramolecular Hbond substituents is 5. The van der Waals surface area contributed by atoms with E-state index in [0.717, 1.165) is 6.07 Å². The van der Waals surface area contributed by atoms with Gasteiger partial charge in [-0.15, -0.1) is 0 Å². The Morgan fingerprint density at radius 1 is 0.462 bits per heavy atom. The topological polar surface area (TPSA) is 202 Å². The first-order valence-electron chi connectivity index (χ1n) is 15.5. The van der Waals surface area contributed by atoms with E-state index in [4.69, 9.17) is 30.3 Å². The van der Waals surface area contributed by atoms with Crippen molar-refractivity contribution in [3.05, 3.63) is 179 Å². The van der Waals surface area contributed by atoms with Crippen LogP contribution in [0.25, 0.3) is 0 Å². The maximum absolute atomic E-state index is 12.2. The van der Waals surface area contributed by atoms with Gasteiger partial charge in [0.2, 0.25) is 0 Å². The molecule has 0 aromatic heterocycles. The molecule has 0 unspecified atom stereocenters. The van der Waals surface area contributed by atoms with E-state index in [9.17, 15) is 24.6 Å². The molecule has 0 fully saturated rings. The smallest absolute Gasteiger partial charge is 0.335 e. The molecule has 0 aliphatic heterocycles. The van der Waals surface area contributed by atoms with Gasteiger partial charge in [-0.05, 0) is 48.5 Å². The minimum absolute atomic E-state index is 0.0675. The minimum Gasteiger partial charge on any atom is -0.508 e. The lowest BCUT2D eigenvalue weighted by Crippen LogP contribution is -2.04. The molecule has 0 atom stereocenters. The third-order valence-corrected chi connectivity index (χ3v) is 6.72. The van der Waals surface area contributed by atoms with Crippen LogP contribution in [-0.2, 0) is 0 Å². The average Bonchev–Trinajstić information content (AvgIpc) is 3.15. The van der Waals surface area contributed by atoms with Gasteiger partial charge in [-0.3, -0.25) is 9.59 Å². The molecule has 6 rings (SSSR count). The molecule has 0 bridgehead atoms. The summed E-state index contributed by atoms with van der Waals surface area (Å²) in [5, 5.41) is 62.9. The number of benzene rings is 6. The number of carboxylic acid groups (broad SMARTS) is 1. The van der Waals surface area contributed by atoms with Crippen molar-refractivity contribution in [3.8, 4) is 34.5 Å². The first kappa shape index (κ1) is 39.3. The Kier molecular flexibility index (Phi) is 15.4. The number of ether oxygens (including phenoxy) is 1. The number of phenols is 5. The molecule has 7 N–H and O–H groups in total. The Hall–Kier alpha value is -7.11. The standard InChI is InChI=1S/C15H14O4.C13H10O3.C7H6O2.C6H6O2/c16-8-9-19-12-6-7-13(14(17)10-12)15(18)11-4-2-1-3-5-11;14-10-6-7-11(12(15)8-10)13(16)9-4-2-1-3-5-9;8-7(9)6-4-2-1-3-5-6;7-5-2-1-3-6(8)4-5/h1-7,10,16-17H,8-9H2;1-8,14-15H;1-5H,(H,8,9);1-4,7-8H. The zero-order valence-electron chi connectivity index (χ0n) is 27.6. The quantitative estimate of drug-likeness (QED) is 0.0821. The van der Waals surface area contributed by atoms with E-state index in [0.29, 0.717) is 22.4 Å². The number of rotatable bonds is 8. The van der Waals surface area contributed by atoms with Crippen molar-refractivity contribution < 1.29 is 54.9 Å². The van der Waals surface area contributed by atoms with Crippen LogP contribution in [0.5, 0.6) is 34.5 Å². The lowest BCUT2D eigenvalue weighted by atomic mass is 10.0. The molecule has 0 aliphatic rings. The molecule has 52 heavy (non-hydrogen) atoms. The molecule has 6 aromatic rings. The number of aliphatic hydroxyl groups excluding tert-OH is 1. The zero-order chi connectivity index (χ0) is 37.9. The van der Waals surface area contributed by atoms with Gasteiger partial charge >= 0.3 is 5.97 Å². The summed E-state index contributed by atoms with van der Waals surface area (Å²) in [4.78, 5) is 34.3. The van der Waals surface area contributed by atoms with Gasteiger partial charge in [0.15, 0.2) is 11.6 Å². The fraction of sp³-hybridized carbons (Fsp3) is 0.0488. The van der Waals surface area contributed by atoms with E-state index in [1.165, 1.54) is 42.5 Å². The maximum Gasteiger partial charge on any atom is 0.335 e. The van der Waals surface area contributed by atoms with Gasteiger partial charge in [0.05, 0.1) is 23.3 Å². The second kappa shape index (κ2) is 20.4. The summed E-state index contributed by atoms with van der Waals surface area (Å²) < 4.78 is 5.16. The lowest BCUT2D eigenvalue weighted by molar-refractivity contribution is 0.0696. The SMILES string of the molecule is O=C(O)c1ccccc1.O=C(c1ccccc1)c1ccc(O)cc1O.O=C(c1ccccc1)c1ccc(OCCO)cc1O.Oc1cccc(O)c1. The number of carbonyl (C=O) groups excluding carboxylic acids is 2. The Labute approximate surface area is 299 Å². The van der Waals surface area contributed by atoms with Crippen molar-refractivity contribution in [2.75, 3.05) is 13.2 Å². The predicted octanol–water partition coefficient (Wildman–Crippen LogP) is 6.81. The predicted molar refractivity (Wildman–Crippen MR) is 193 cm³/mol. The molecule has 0 saturated carbocycles. The molecular formula is C41H36O11. The van der Waals surface area contributed by atoms with E-state index in [1.807, 2.05) is 12.1 Å². The highest BCUT2D eigenvalue weighted by atomic mass is 16.5. The Morgan fingerprint density at radius 3 is 1.25 bits per heavy atom. The number of hydrogen-bond acceptors (Lipinski definition) is 10. The molecular weight excluding hydrogens is 668 g/mol. The number of aromatic hydroxyl groups is 5. The zero-order valence-corrected chi connectivity index (χ0v) is 27.6. The molecule has 11 heteroatoms. The first-order valence-corrected chi connectivity index (χ1v) is 15.5. The fourth-order valence-corrected chi connectivity index (χ4v) is 4.23. The van der Waals surface area contributed by atoms with E-state index >= 15 is 0 Å². The van der Waals surface area contributed by atoms with Crippen LogP contribution >= 0.6 is 0 Å². The number of aromatic carboxylic acids is 1. The van der Waals surface area contributed by atoms with Crippen LogP contribution in [0, 0.1) is 0 Å². The van der Waals surface area contributed by atoms with Crippen LogP contribution in [0.1, 0.15) is 42.2 Å². The van der Waals surface area contributed by atoms with Crippen molar-refractivity contribution >= 4 is 17.5 Å². The van der Waals surface area contributed by atoms with E-state index < -0.39 is 5.97 Å². The van der Waals surface area contributed by atoms with Crippen molar-refractivity contribution in [1.29, 1.82) is 0 Å². The fourth-order valence-electron chi connectivity index (χ4n) is 4.23.